The lowest BCUT2D eigenvalue weighted by Gasteiger charge is -2.07. The second-order valence-corrected chi connectivity index (χ2v) is 7.16. The number of benzene rings is 2. The predicted octanol–water partition coefficient (Wildman–Crippen LogP) is 5.19. The molecule has 0 saturated heterocycles. The van der Waals surface area contributed by atoms with Crippen molar-refractivity contribution in [3.8, 4) is 11.5 Å². The van der Waals surface area contributed by atoms with Gasteiger partial charge in [-0.25, -0.2) is 4.39 Å². The highest BCUT2D eigenvalue weighted by atomic mass is 19.1. The van der Waals surface area contributed by atoms with Gasteiger partial charge >= 0.3 is 0 Å². The van der Waals surface area contributed by atoms with Crippen molar-refractivity contribution in [3.63, 3.8) is 0 Å². The fourth-order valence-electron chi connectivity index (χ4n) is 2.96. The van der Waals surface area contributed by atoms with Crippen molar-refractivity contribution < 1.29 is 23.1 Å². The van der Waals surface area contributed by atoms with Crippen LogP contribution < -0.4 is 15.4 Å². The molecule has 0 spiro atoms. The average molecular weight is 457 g/mol. The second kappa shape index (κ2) is 10.7. The topological polar surface area (TPSA) is 93.5 Å². The van der Waals surface area contributed by atoms with Crippen LogP contribution in [-0.2, 0) is 11.3 Å². The Bertz CT molecular complexity index is 1290. The Morgan fingerprint density at radius 3 is 2.62 bits per heavy atom. The number of hydrogen-bond donors (Lipinski definition) is 2. The molecular formula is C26H20FN3O4. The molecule has 4 aromatic rings. The number of ether oxygens (including phenoxy) is 1. The van der Waals surface area contributed by atoms with Gasteiger partial charge in [0.25, 0.3) is 5.91 Å². The van der Waals surface area contributed by atoms with E-state index in [0.717, 1.165) is 5.56 Å². The van der Waals surface area contributed by atoms with Gasteiger partial charge in [0.05, 0.1) is 12.5 Å². The summed E-state index contributed by atoms with van der Waals surface area (Å²) in [5.41, 5.74) is 1.97. The van der Waals surface area contributed by atoms with Crippen LogP contribution in [0.2, 0.25) is 0 Å². The molecule has 170 valence electrons. The van der Waals surface area contributed by atoms with Crippen LogP contribution in [0.4, 0.5) is 10.1 Å². The summed E-state index contributed by atoms with van der Waals surface area (Å²) in [4.78, 5) is 28.0. The highest BCUT2D eigenvalue weighted by Crippen LogP contribution is 2.24. The molecule has 0 saturated carbocycles. The lowest BCUT2D eigenvalue weighted by Crippen LogP contribution is -2.20. The third kappa shape index (κ3) is 6.17. The maximum Gasteiger partial charge on any atom is 0.291 e. The third-order valence-corrected chi connectivity index (χ3v) is 4.67. The lowest BCUT2D eigenvalue weighted by molar-refractivity contribution is -0.116. The number of anilines is 1. The van der Waals surface area contributed by atoms with Crippen LogP contribution in [-0.4, -0.2) is 16.8 Å². The number of aromatic nitrogens is 1. The van der Waals surface area contributed by atoms with Gasteiger partial charge in [-0.3, -0.25) is 14.6 Å². The van der Waals surface area contributed by atoms with E-state index < -0.39 is 5.82 Å². The first-order valence-electron chi connectivity index (χ1n) is 10.3. The molecule has 0 bridgehead atoms. The van der Waals surface area contributed by atoms with Gasteiger partial charge in [0, 0.05) is 24.5 Å². The molecule has 0 aliphatic heterocycles. The van der Waals surface area contributed by atoms with Crippen molar-refractivity contribution in [2.75, 3.05) is 5.32 Å². The second-order valence-electron chi connectivity index (χ2n) is 7.16. The first kappa shape index (κ1) is 22.5. The molecular weight excluding hydrogens is 437 g/mol. The maximum atomic E-state index is 14.3. The fourth-order valence-corrected chi connectivity index (χ4v) is 2.96. The quantitative estimate of drug-likeness (QED) is 0.355. The van der Waals surface area contributed by atoms with E-state index in [1.54, 1.807) is 60.8 Å². The van der Waals surface area contributed by atoms with Crippen LogP contribution >= 0.6 is 0 Å². The van der Waals surface area contributed by atoms with Crippen molar-refractivity contribution >= 4 is 23.6 Å². The van der Waals surface area contributed by atoms with Gasteiger partial charge in [-0.05, 0) is 65.7 Å². The number of carbonyl (C=O) groups excluding carboxylic acids is 2. The molecule has 2 aromatic heterocycles. The Kier molecular flexibility index (Phi) is 7.09. The number of rotatable bonds is 8. The minimum atomic E-state index is -0.550. The van der Waals surface area contributed by atoms with E-state index in [2.05, 4.69) is 15.6 Å². The molecule has 0 radical (unpaired) electrons. The van der Waals surface area contributed by atoms with E-state index in [4.69, 9.17) is 9.15 Å². The first-order valence-corrected chi connectivity index (χ1v) is 10.3. The Morgan fingerprint density at radius 1 is 1.06 bits per heavy atom. The Balaban J connectivity index is 1.27. The molecule has 0 aliphatic carbocycles. The van der Waals surface area contributed by atoms with E-state index in [-0.39, 0.29) is 23.3 Å². The monoisotopic (exact) mass is 457 g/mol. The molecule has 2 N–H and O–H groups in total. The van der Waals surface area contributed by atoms with E-state index in [1.165, 1.54) is 36.7 Å². The maximum absolute atomic E-state index is 14.3. The van der Waals surface area contributed by atoms with Crippen molar-refractivity contribution in [2.24, 2.45) is 0 Å². The van der Waals surface area contributed by atoms with Crippen LogP contribution in [0.5, 0.6) is 11.5 Å². The van der Waals surface area contributed by atoms with Gasteiger partial charge in [0.1, 0.15) is 5.75 Å². The molecule has 0 atom stereocenters. The Morgan fingerprint density at radius 2 is 1.91 bits per heavy atom. The lowest BCUT2D eigenvalue weighted by atomic mass is 10.2. The molecule has 8 heteroatoms. The Labute approximate surface area is 194 Å². The summed E-state index contributed by atoms with van der Waals surface area (Å²) < 4.78 is 24.8. The molecule has 2 heterocycles. The van der Waals surface area contributed by atoms with E-state index >= 15 is 0 Å². The summed E-state index contributed by atoms with van der Waals surface area (Å²) >= 11 is 0. The van der Waals surface area contributed by atoms with E-state index in [1.807, 2.05) is 0 Å². The smallest absolute Gasteiger partial charge is 0.291 e. The van der Waals surface area contributed by atoms with Crippen molar-refractivity contribution in [3.05, 3.63) is 114 Å². The standard InChI is InChI=1S/C26H20FN3O4/c27-22-15-18(7-11-23(22)34-21-3-1-13-28-17-21)8-12-25(31)29-16-19-5-9-20(10-6-19)30-26(32)24-4-2-14-33-24/h1-15,17H,16H2,(H,29,31)(H,30,32)/b12-8+. The zero-order valence-corrected chi connectivity index (χ0v) is 17.9. The summed E-state index contributed by atoms with van der Waals surface area (Å²) in [6.45, 7) is 0.293. The number of hydrogen-bond acceptors (Lipinski definition) is 5. The summed E-state index contributed by atoms with van der Waals surface area (Å²) in [7, 11) is 0. The van der Waals surface area contributed by atoms with Crippen LogP contribution in [0, 0.1) is 5.82 Å². The number of nitrogens with one attached hydrogen (secondary N) is 2. The molecule has 4 rings (SSSR count). The number of furan rings is 1. The summed E-state index contributed by atoms with van der Waals surface area (Å²) in [5, 5.41) is 5.48. The molecule has 0 unspecified atom stereocenters. The molecule has 2 aromatic carbocycles. The molecule has 0 aliphatic rings. The van der Waals surface area contributed by atoms with Crippen molar-refractivity contribution in [1.82, 2.24) is 10.3 Å². The van der Waals surface area contributed by atoms with Crippen LogP contribution in [0.25, 0.3) is 6.08 Å². The molecule has 34 heavy (non-hydrogen) atoms. The minimum Gasteiger partial charge on any atom is -0.459 e. The number of nitrogens with zero attached hydrogens (tertiary/aromatic N) is 1. The minimum absolute atomic E-state index is 0.0680. The zero-order valence-electron chi connectivity index (χ0n) is 17.9. The highest BCUT2D eigenvalue weighted by Gasteiger charge is 2.09. The van der Waals surface area contributed by atoms with Crippen LogP contribution in [0.3, 0.4) is 0 Å². The van der Waals surface area contributed by atoms with Gasteiger partial charge in [0.15, 0.2) is 17.3 Å². The van der Waals surface area contributed by atoms with Gasteiger partial charge in [-0.2, -0.15) is 0 Å². The summed E-state index contributed by atoms with van der Waals surface area (Å²) in [6.07, 6.45) is 7.36. The molecule has 2 amide bonds. The van der Waals surface area contributed by atoms with Gasteiger partial charge in [-0.15, -0.1) is 0 Å². The van der Waals surface area contributed by atoms with E-state index in [0.29, 0.717) is 23.5 Å². The Hall–Kier alpha value is -4.72. The van der Waals surface area contributed by atoms with Crippen LogP contribution in [0.1, 0.15) is 21.7 Å². The number of pyridine rings is 1. The number of carbonyl (C=O) groups is 2. The average Bonchev–Trinajstić information content (AvgIpc) is 3.40. The summed E-state index contributed by atoms with van der Waals surface area (Å²) in [6, 6.07) is 18.0. The molecule has 7 nitrogen and oxygen atoms in total. The number of halogens is 1. The predicted molar refractivity (Wildman–Crippen MR) is 125 cm³/mol. The summed E-state index contributed by atoms with van der Waals surface area (Å²) in [5.74, 6) is -0.504. The third-order valence-electron chi connectivity index (χ3n) is 4.67. The SMILES string of the molecule is O=C(/C=C/c1ccc(Oc2cccnc2)c(F)c1)NCc1ccc(NC(=O)c2ccco2)cc1. The van der Waals surface area contributed by atoms with Crippen molar-refractivity contribution in [2.45, 2.75) is 6.54 Å². The largest absolute Gasteiger partial charge is 0.459 e. The van der Waals surface area contributed by atoms with Crippen LogP contribution in [0.15, 0.2) is 95.9 Å². The van der Waals surface area contributed by atoms with Gasteiger partial charge in [0.2, 0.25) is 5.91 Å². The van der Waals surface area contributed by atoms with Crippen molar-refractivity contribution in [1.29, 1.82) is 0 Å². The molecule has 0 fully saturated rings. The van der Waals surface area contributed by atoms with Gasteiger partial charge in [-0.1, -0.05) is 18.2 Å². The number of amides is 2. The van der Waals surface area contributed by atoms with E-state index in [9.17, 15) is 14.0 Å². The normalized spacial score (nSPS) is 10.7. The van der Waals surface area contributed by atoms with Gasteiger partial charge < -0.3 is 19.8 Å². The first-order chi connectivity index (χ1) is 16.6. The highest BCUT2D eigenvalue weighted by molar-refractivity contribution is 6.02. The fraction of sp³-hybridized carbons (Fsp3) is 0.0385. The zero-order chi connectivity index (χ0) is 23.8.